The van der Waals surface area contributed by atoms with Gasteiger partial charge in [0.15, 0.2) is 11.5 Å². The molecule has 0 aliphatic rings. The maximum absolute atomic E-state index is 10.5. The summed E-state index contributed by atoms with van der Waals surface area (Å²) in [7, 11) is 1.62. The van der Waals surface area contributed by atoms with Crippen LogP contribution in [0.3, 0.4) is 0 Å². The van der Waals surface area contributed by atoms with E-state index in [-0.39, 0.29) is 23.6 Å². The number of halogens is 4. The molecule has 0 amide bonds. The minimum Gasteiger partial charge on any atom is -0.493 e. The first-order valence-electron chi connectivity index (χ1n) is 11.3. The molecule has 1 aromatic heterocycles. The highest BCUT2D eigenvalue weighted by atomic mass is 79.9. The maximum Gasteiger partial charge on any atom is 0.411 e. The lowest BCUT2D eigenvalue weighted by atomic mass is 10.1. The Morgan fingerprint density at radius 3 is 2.22 bits per heavy atom. The Bertz CT molecular complexity index is 1240. The fourth-order valence-corrected chi connectivity index (χ4v) is 3.47. The number of H-pyrrole nitrogens is 1. The number of aromatic nitrogens is 1. The van der Waals surface area contributed by atoms with Crippen LogP contribution in [0.2, 0.25) is 0 Å². The van der Waals surface area contributed by atoms with Crippen LogP contribution in [-0.4, -0.2) is 67.5 Å². The van der Waals surface area contributed by atoms with Gasteiger partial charge in [0, 0.05) is 29.4 Å². The van der Waals surface area contributed by atoms with Crippen molar-refractivity contribution in [2.24, 2.45) is 0 Å². The Hall–Kier alpha value is -2.99. The van der Waals surface area contributed by atoms with Crippen molar-refractivity contribution in [2.75, 3.05) is 40.0 Å². The van der Waals surface area contributed by atoms with E-state index in [9.17, 15) is 18.3 Å². The third-order valence-electron chi connectivity index (χ3n) is 5.09. The van der Waals surface area contributed by atoms with Crippen LogP contribution in [0, 0.1) is 0 Å². The maximum atomic E-state index is 10.5. The van der Waals surface area contributed by atoms with E-state index >= 15 is 0 Å². The fraction of sp³-hybridized carbons (Fsp3) is 0.308. The summed E-state index contributed by atoms with van der Waals surface area (Å²) in [6.45, 7) is -0.0269. The molecule has 4 N–H and O–H groups in total. The second kappa shape index (κ2) is 14.7. The highest BCUT2D eigenvalue weighted by Crippen LogP contribution is 2.33. The molecule has 11 heteroatoms. The molecular formula is C26H30BrF3N2O5. The molecule has 7 nitrogen and oxygen atoms in total. The van der Waals surface area contributed by atoms with Crippen LogP contribution in [0.25, 0.3) is 21.8 Å². The third-order valence-corrected chi connectivity index (χ3v) is 5.09. The van der Waals surface area contributed by atoms with Crippen LogP contribution < -0.4 is 19.5 Å². The normalized spacial score (nSPS) is 11.8. The number of aliphatic hydroxyl groups is 2. The van der Waals surface area contributed by atoms with Gasteiger partial charge in [0.2, 0.25) is 0 Å². The SMILES string of the molecule is Br.COc1ccccc1OCCNCC(O)COc1cccc2[nH]c3ccccc3c12.OCC(F)(F)F. The minimum atomic E-state index is -4.40. The summed E-state index contributed by atoms with van der Waals surface area (Å²) in [6, 6.07) is 21.6. The molecule has 0 aliphatic carbocycles. The summed E-state index contributed by atoms with van der Waals surface area (Å²) in [6.07, 6.45) is -5.03. The summed E-state index contributed by atoms with van der Waals surface area (Å²) >= 11 is 0. The minimum absolute atomic E-state index is 0. The monoisotopic (exact) mass is 586 g/mol. The van der Waals surface area contributed by atoms with Crippen molar-refractivity contribution in [3.63, 3.8) is 0 Å². The lowest BCUT2D eigenvalue weighted by Gasteiger charge is -2.15. The Balaban J connectivity index is 0.000000618. The van der Waals surface area contributed by atoms with Crippen molar-refractivity contribution >= 4 is 38.8 Å². The van der Waals surface area contributed by atoms with E-state index in [0.717, 1.165) is 27.6 Å². The third kappa shape index (κ3) is 9.12. The number of alkyl halides is 3. The van der Waals surface area contributed by atoms with E-state index in [4.69, 9.17) is 19.3 Å². The van der Waals surface area contributed by atoms with Gasteiger partial charge in [-0.2, -0.15) is 13.2 Å². The topological polar surface area (TPSA) is 96.0 Å². The van der Waals surface area contributed by atoms with Crippen molar-refractivity contribution in [2.45, 2.75) is 12.3 Å². The first-order valence-corrected chi connectivity index (χ1v) is 11.3. The summed E-state index contributed by atoms with van der Waals surface area (Å²) in [5.41, 5.74) is 2.09. The van der Waals surface area contributed by atoms with Crippen molar-refractivity contribution in [3.05, 3.63) is 66.7 Å². The Labute approximate surface area is 222 Å². The van der Waals surface area contributed by atoms with Gasteiger partial charge in [-0.05, 0) is 30.3 Å². The highest BCUT2D eigenvalue weighted by Gasteiger charge is 2.24. The van der Waals surface area contributed by atoms with Gasteiger partial charge in [-0.25, -0.2) is 0 Å². The lowest BCUT2D eigenvalue weighted by molar-refractivity contribution is -0.159. The van der Waals surface area contributed by atoms with Crippen LogP contribution in [0.1, 0.15) is 0 Å². The molecule has 0 saturated carbocycles. The zero-order valence-corrected chi connectivity index (χ0v) is 21.8. The van der Waals surface area contributed by atoms with Crippen LogP contribution in [0.15, 0.2) is 66.7 Å². The molecule has 0 saturated heterocycles. The zero-order chi connectivity index (χ0) is 26.0. The smallest absolute Gasteiger partial charge is 0.411 e. The molecule has 202 valence electrons. The average Bonchev–Trinajstić information content (AvgIpc) is 3.27. The van der Waals surface area contributed by atoms with Crippen LogP contribution in [-0.2, 0) is 0 Å². The second-order valence-corrected chi connectivity index (χ2v) is 7.79. The number of methoxy groups -OCH3 is 1. The van der Waals surface area contributed by atoms with Crippen molar-refractivity contribution < 1.29 is 37.6 Å². The molecule has 4 aromatic rings. The summed E-state index contributed by atoms with van der Waals surface area (Å²) in [5, 5.41) is 22.9. The number of hydrogen-bond donors (Lipinski definition) is 4. The van der Waals surface area contributed by atoms with Gasteiger partial charge in [-0.1, -0.05) is 36.4 Å². The number of benzene rings is 3. The molecule has 37 heavy (non-hydrogen) atoms. The average molecular weight is 587 g/mol. The van der Waals surface area contributed by atoms with E-state index in [1.165, 1.54) is 0 Å². The highest BCUT2D eigenvalue weighted by molar-refractivity contribution is 8.93. The van der Waals surface area contributed by atoms with E-state index < -0.39 is 18.9 Å². The fourth-order valence-electron chi connectivity index (χ4n) is 3.47. The van der Waals surface area contributed by atoms with Crippen LogP contribution in [0.5, 0.6) is 17.2 Å². The molecule has 1 heterocycles. The Morgan fingerprint density at radius 1 is 0.892 bits per heavy atom. The number of hydrogen-bond acceptors (Lipinski definition) is 6. The first kappa shape index (κ1) is 30.2. The number of fused-ring (bicyclic) bond motifs is 3. The number of nitrogens with one attached hydrogen (secondary N) is 2. The predicted molar refractivity (Wildman–Crippen MR) is 142 cm³/mol. The van der Waals surface area contributed by atoms with Crippen LogP contribution in [0.4, 0.5) is 13.2 Å². The number of para-hydroxylation sites is 3. The summed E-state index contributed by atoms with van der Waals surface area (Å²) < 4.78 is 48.5. The molecule has 0 bridgehead atoms. The molecule has 1 unspecified atom stereocenters. The molecule has 4 rings (SSSR count). The first-order chi connectivity index (χ1) is 17.3. The molecule has 1 atom stereocenters. The number of ether oxygens (including phenoxy) is 3. The standard InChI is InChI=1S/C24H26N2O4.C2H3F3O.BrH/c1-28-21-10-4-5-11-22(21)29-14-13-25-15-17(27)16-30-23-12-6-9-20-24(23)18-7-2-3-8-19(18)26-20;3-2(4,5)1-6;/h2-12,17,25-27H,13-16H2,1H3;6H,1H2;1H. The predicted octanol–water partition coefficient (Wildman–Crippen LogP) is 4.86. The van der Waals surface area contributed by atoms with E-state index in [1.54, 1.807) is 7.11 Å². The molecular weight excluding hydrogens is 557 g/mol. The van der Waals surface area contributed by atoms with Crippen molar-refractivity contribution in [1.29, 1.82) is 0 Å². The van der Waals surface area contributed by atoms with Gasteiger partial charge in [0.25, 0.3) is 0 Å². The second-order valence-electron chi connectivity index (χ2n) is 7.79. The van der Waals surface area contributed by atoms with Crippen molar-refractivity contribution in [1.82, 2.24) is 10.3 Å². The van der Waals surface area contributed by atoms with Crippen molar-refractivity contribution in [3.8, 4) is 17.2 Å². The molecule has 0 spiro atoms. The number of rotatable bonds is 10. The Kier molecular flexibility index (Phi) is 12.0. The molecule has 0 fully saturated rings. The van der Waals surface area contributed by atoms with Gasteiger partial charge in [0.05, 0.1) is 12.6 Å². The molecule has 0 aliphatic heterocycles. The number of aromatic amines is 1. The van der Waals surface area contributed by atoms with E-state index in [2.05, 4.69) is 16.4 Å². The van der Waals surface area contributed by atoms with Gasteiger partial charge in [0.1, 0.15) is 31.7 Å². The lowest BCUT2D eigenvalue weighted by Crippen LogP contribution is -2.33. The number of aliphatic hydroxyl groups excluding tert-OH is 2. The summed E-state index contributed by atoms with van der Waals surface area (Å²) in [5.74, 6) is 2.18. The molecule has 0 radical (unpaired) electrons. The molecule has 3 aromatic carbocycles. The summed E-state index contributed by atoms with van der Waals surface area (Å²) in [4.78, 5) is 3.40. The van der Waals surface area contributed by atoms with Gasteiger partial charge in [-0.3, -0.25) is 0 Å². The largest absolute Gasteiger partial charge is 0.493 e. The van der Waals surface area contributed by atoms with Gasteiger partial charge < -0.3 is 34.7 Å². The van der Waals surface area contributed by atoms with Gasteiger partial charge >= 0.3 is 6.18 Å². The van der Waals surface area contributed by atoms with E-state index in [1.807, 2.05) is 60.7 Å². The quantitative estimate of drug-likeness (QED) is 0.198. The van der Waals surface area contributed by atoms with Gasteiger partial charge in [-0.15, -0.1) is 17.0 Å². The zero-order valence-electron chi connectivity index (χ0n) is 20.1. The van der Waals surface area contributed by atoms with E-state index in [0.29, 0.717) is 31.2 Å². The Morgan fingerprint density at radius 2 is 1.51 bits per heavy atom. The van der Waals surface area contributed by atoms with Crippen LogP contribution >= 0.6 is 17.0 Å².